The third-order valence-corrected chi connectivity index (χ3v) is 6.30. The van der Waals surface area contributed by atoms with Gasteiger partial charge in [-0.05, 0) is 0 Å². The van der Waals surface area contributed by atoms with Gasteiger partial charge >= 0.3 is 85.0 Å². The molecule has 1 heteroatoms. The van der Waals surface area contributed by atoms with Crippen LogP contribution in [0.4, 0.5) is 0 Å². The quantitative estimate of drug-likeness (QED) is 0.518. The summed E-state index contributed by atoms with van der Waals surface area (Å²) in [5, 5.41) is 0. The van der Waals surface area contributed by atoms with Gasteiger partial charge in [-0.3, -0.25) is 0 Å². The molecule has 0 radical (unpaired) electrons. The van der Waals surface area contributed by atoms with Gasteiger partial charge in [-0.1, -0.05) is 0 Å². The van der Waals surface area contributed by atoms with Crippen LogP contribution in [0.2, 0.25) is 4.82 Å². The molecular weight excluding hydrogens is 223 g/mol. The molecule has 66 valence electrons. The zero-order valence-electron chi connectivity index (χ0n) is 7.39. The van der Waals surface area contributed by atoms with Crippen molar-refractivity contribution in [3.05, 3.63) is 48.0 Å². The molecule has 2 aliphatic rings. The summed E-state index contributed by atoms with van der Waals surface area (Å²) in [7, 11) is 0. The fraction of sp³-hybridized carbons (Fsp3) is 0.333. The van der Waals surface area contributed by atoms with E-state index in [-0.39, 0.29) is 0 Å². The summed E-state index contributed by atoms with van der Waals surface area (Å²) in [6, 6.07) is 11.0. The van der Waals surface area contributed by atoms with E-state index in [2.05, 4.69) is 42.5 Å². The average molecular weight is 235 g/mol. The van der Waals surface area contributed by atoms with Gasteiger partial charge in [0.05, 0.1) is 0 Å². The molecule has 3 atom stereocenters. The predicted octanol–water partition coefficient (Wildman–Crippen LogP) is 2.81. The van der Waals surface area contributed by atoms with Crippen molar-refractivity contribution in [3.8, 4) is 0 Å². The molecule has 0 amide bonds. The standard InChI is InChI=1S/C12H12Se/c1-2-4-9(5-3-1)12-10-6-7-11(8-10)13-12/h1-7,10-12H,8H2/t10?,11?,12-/m0/s1. The van der Waals surface area contributed by atoms with Gasteiger partial charge in [-0.2, -0.15) is 0 Å². The zero-order valence-corrected chi connectivity index (χ0v) is 9.10. The molecule has 1 saturated heterocycles. The van der Waals surface area contributed by atoms with E-state index in [9.17, 15) is 0 Å². The Morgan fingerprint density at radius 3 is 2.54 bits per heavy atom. The Balaban J connectivity index is 1.92. The van der Waals surface area contributed by atoms with Gasteiger partial charge in [0.1, 0.15) is 0 Å². The number of hydrogen-bond donors (Lipinski definition) is 0. The molecule has 0 spiro atoms. The van der Waals surface area contributed by atoms with Crippen LogP contribution in [0.15, 0.2) is 42.5 Å². The number of allylic oxidation sites excluding steroid dienone is 2. The molecule has 1 fully saturated rings. The van der Waals surface area contributed by atoms with E-state index in [4.69, 9.17) is 0 Å². The van der Waals surface area contributed by atoms with Gasteiger partial charge < -0.3 is 0 Å². The molecule has 1 aromatic carbocycles. The van der Waals surface area contributed by atoms with Crippen molar-refractivity contribution in [3.63, 3.8) is 0 Å². The molecule has 13 heavy (non-hydrogen) atoms. The van der Waals surface area contributed by atoms with Crippen LogP contribution in [0.1, 0.15) is 16.8 Å². The molecule has 0 N–H and O–H groups in total. The maximum atomic E-state index is 2.44. The molecule has 1 aliphatic carbocycles. The van der Waals surface area contributed by atoms with Gasteiger partial charge in [0.15, 0.2) is 0 Å². The second-order valence-electron chi connectivity index (χ2n) is 3.79. The Hall–Kier alpha value is -0.521. The SMILES string of the molecule is C1=CC2CC1[Se][C@H]2c1ccccc1. The summed E-state index contributed by atoms with van der Waals surface area (Å²) in [6.45, 7) is 0. The van der Waals surface area contributed by atoms with E-state index in [0.717, 1.165) is 30.5 Å². The normalized spacial score (nSPS) is 35.5. The van der Waals surface area contributed by atoms with Gasteiger partial charge in [0.25, 0.3) is 0 Å². The Kier molecular flexibility index (Phi) is 1.81. The van der Waals surface area contributed by atoms with E-state index in [1.54, 1.807) is 5.56 Å². The van der Waals surface area contributed by atoms with E-state index >= 15 is 0 Å². The van der Waals surface area contributed by atoms with Crippen molar-refractivity contribution in [2.24, 2.45) is 5.92 Å². The zero-order chi connectivity index (χ0) is 8.67. The molecule has 1 heterocycles. The second kappa shape index (κ2) is 3.01. The van der Waals surface area contributed by atoms with Crippen LogP contribution in [0.3, 0.4) is 0 Å². The predicted molar refractivity (Wildman–Crippen MR) is 55.9 cm³/mol. The molecule has 0 nitrogen and oxygen atoms in total. The fourth-order valence-electron chi connectivity index (χ4n) is 2.28. The molecular formula is C12H12Se. The van der Waals surface area contributed by atoms with E-state index in [1.807, 2.05) is 0 Å². The van der Waals surface area contributed by atoms with Gasteiger partial charge in [-0.15, -0.1) is 0 Å². The second-order valence-corrected chi connectivity index (χ2v) is 6.70. The summed E-state index contributed by atoms with van der Waals surface area (Å²) < 4.78 is 0. The van der Waals surface area contributed by atoms with Crippen molar-refractivity contribution < 1.29 is 0 Å². The molecule has 2 bridgehead atoms. The molecule has 3 rings (SSSR count). The molecule has 1 aromatic rings. The number of hydrogen-bond acceptors (Lipinski definition) is 0. The fourth-order valence-corrected chi connectivity index (χ4v) is 5.65. The monoisotopic (exact) mass is 236 g/mol. The first-order chi connectivity index (χ1) is 6.43. The first-order valence-corrected chi connectivity index (χ1v) is 6.80. The van der Waals surface area contributed by atoms with Crippen LogP contribution in [0.5, 0.6) is 0 Å². The van der Waals surface area contributed by atoms with Crippen LogP contribution in [-0.2, 0) is 0 Å². The van der Waals surface area contributed by atoms with Crippen LogP contribution in [-0.4, -0.2) is 15.0 Å². The van der Waals surface area contributed by atoms with E-state index in [0.29, 0.717) is 0 Å². The molecule has 0 aromatic heterocycles. The Labute approximate surface area is 85.2 Å². The van der Waals surface area contributed by atoms with Crippen molar-refractivity contribution in [1.29, 1.82) is 0 Å². The number of fused-ring (bicyclic) bond motifs is 2. The van der Waals surface area contributed by atoms with Crippen molar-refractivity contribution >= 4 is 15.0 Å². The summed E-state index contributed by atoms with van der Waals surface area (Å²) in [6.07, 6.45) is 6.30. The van der Waals surface area contributed by atoms with Gasteiger partial charge in [0, 0.05) is 0 Å². The van der Waals surface area contributed by atoms with Gasteiger partial charge in [-0.25, -0.2) is 0 Å². The Morgan fingerprint density at radius 1 is 1.08 bits per heavy atom. The van der Waals surface area contributed by atoms with Crippen LogP contribution in [0, 0.1) is 5.92 Å². The Bertz CT molecular complexity index is 328. The maximum absolute atomic E-state index is 2.44. The van der Waals surface area contributed by atoms with Crippen molar-refractivity contribution in [1.82, 2.24) is 0 Å². The summed E-state index contributed by atoms with van der Waals surface area (Å²) in [5.74, 6) is 0.868. The van der Waals surface area contributed by atoms with Crippen LogP contribution < -0.4 is 0 Å². The third-order valence-electron chi connectivity index (χ3n) is 2.92. The first kappa shape index (κ1) is 7.84. The summed E-state index contributed by atoms with van der Waals surface area (Å²) in [5.41, 5.74) is 1.57. The minimum atomic E-state index is 0.820. The van der Waals surface area contributed by atoms with Crippen molar-refractivity contribution in [2.75, 3.05) is 0 Å². The van der Waals surface area contributed by atoms with E-state index in [1.165, 1.54) is 6.42 Å². The van der Waals surface area contributed by atoms with Crippen LogP contribution in [0.25, 0.3) is 0 Å². The molecule has 0 saturated carbocycles. The van der Waals surface area contributed by atoms with Crippen molar-refractivity contribution in [2.45, 2.75) is 16.1 Å². The molecule has 2 unspecified atom stereocenters. The Morgan fingerprint density at radius 2 is 1.92 bits per heavy atom. The number of rotatable bonds is 1. The average Bonchev–Trinajstić information content (AvgIpc) is 2.80. The summed E-state index contributed by atoms with van der Waals surface area (Å²) >= 11 is 0.820. The van der Waals surface area contributed by atoms with Crippen LogP contribution >= 0.6 is 0 Å². The van der Waals surface area contributed by atoms with Gasteiger partial charge in [0.2, 0.25) is 0 Å². The number of benzene rings is 1. The minimum absolute atomic E-state index is 0.820. The first-order valence-electron chi connectivity index (χ1n) is 4.82. The topological polar surface area (TPSA) is 0 Å². The van der Waals surface area contributed by atoms with E-state index < -0.39 is 0 Å². The summed E-state index contributed by atoms with van der Waals surface area (Å²) in [4.78, 5) is 1.83. The molecule has 1 aliphatic heterocycles. The third kappa shape index (κ3) is 1.27.